The van der Waals surface area contributed by atoms with E-state index < -0.39 is 0 Å². The summed E-state index contributed by atoms with van der Waals surface area (Å²) in [5, 5.41) is 1.32. The van der Waals surface area contributed by atoms with Crippen LogP contribution in [0.1, 0.15) is 42.5 Å². The van der Waals surface area contributed by atoms with Crippen molar-refractivity contribution in [2.24, 2.45) is 5.92 Å². The van der Waals surface area contributed by atoms with Gasteiger partial charge in [-0.3, -0.25) is 4.98 Å². The molecule has 1 nitrogen and oxygen atoms in total. The van der Waals surface area contributed by atoms with E-state index >= 15 is 0 Å². The van der Waals surface area contributed by atoms with Gasteiger partial charge in [-0.25, -0.2) is 0 Å². The topological polar surface area (TPSA) is 12.9 Å². The first kappa shape index (κ1) is 17.7. The summed E-state index contributed by atoms with van der Waals surface area (Å²) in [4.78, 5) is 4.75. The summed E-state index contributed by atoms with van der Waals surface area (Å²) < 4.78 is 0. The van der Waals surface area contributed by atoms with Gasteiger partial charge in [0.15, 0.2) is 7.28 Å². The zero-order valence-corrected chi connectivity index (χ0v) is 16.2. The SMILES string of the molecule is CCC(C)Cc1ccc(Bc2c(C)cc(C)cc2C)c2ncccc12. The van der Waals surface area contributed by atoms with Crippen molar-refractivity contribution in [3.05, 3.63) is 64.8 Å². The van der Waals surface area contributed by atoms with Crippen molar-refractivity contribution >= 4 is 29.1 Å². The molecule has 1 heterocycles. The van der Waals surface area contributed by atoms with Gasteiger partial charge in [-0.2, -0.15) is 0 Å². The molecule has 2 aromatic carbocycles. The highest BCUT2D eigenvalue weighted by atomic mass is 14.6. The zero-order valence-electron chi connectivity index (χ0n) is 16.2. The van der Waals surface area contributed by atoms with Gasteiger partial charge in [-0.1, -0.05) is 78.2 Å². The number of aryl methyl sites for hydroxylation is 3. The summed E-state index contributed by atoms with van der Waals surface area (Å²) in [5.74, 6) is 0.704. The fraction of sp³-hybridized carbons (Fsp3) is 0.348. The number of rotatable bonds is 5. The Morgan fingerprint density at radius 1 is 1.04 bits per heavy atom. The molecule has 25 heavy (non-hydrogen) atoms. The van der Waals surface area contributed by atoms with Crippen LogP contribution in [0.15, 0.2) is 42.6 Å². The average molecular weight is 329 g/mol. The molecule has 0 bridgehead atoms. The molecule has 0 amide bonds. The summed E-state index contributed by atoms with van der Waals surface area (Å²) in [6, 6.07) is 13.5. The minimum atomic E-state index is 0.704. The van der Waals surface area contributed by atoms with E-state index in [4.69, 9.17) is 4.98 Å². The molecule has 3 aromatic rings. The minimum absolute atomic E-state index is 0.704. The molecule has 0 aliphatic heterocycles. The van der Waals surface area contributed by atoms with Crippen molar-refractivity contribution in [3.8, 4) is 0 Å². The van der Waals surface area contributed by atoms with Crippen LogP contribution in [0.25, 0.3) is 10.9 Å². The monoisotopic (exact) mass is 329 g/mol. The van der Waals surface area contributed by atoms with Crippen LogP contribution in [0.2, 0.25) is 0 Å². The summed E-state index contributed by atoms with van der Waals surface area (Å²) in [7, 11) is 0.953. The van der Waals surface area contributed by atoms with Crippen LogP contribution in [-0.2, 0) is 6.42 Å². The quantitative estimate of drug-likeness (QED) is 0.641. The van der Waals surface area contributed by atoms with E-state index in [-0.39, 0.29) is 0 Å². The standard InChI is InChI=1S/C23H28BN/c1-6-15(2)14-19-9-10-21(23-20(19)8-7-11-25-23)24-22-17(4)12-16(3)13-18(22)5/h7-13,15,24H,6,14H2,1-5H3. The second-order valence-electron chi connectivity index (χ2n) is 7.55. The number of pyridine rings is 1. The third-order valence-corrected chi connectivity index (χ3v) is 5.42. The predicted octanol–water partition coefficient (Wildman–Crippen LogP) is 4.14. The Morgan fingerprint density at radius 2 is 1.76 bits per heavy atom. The number of hydrogen-bond acceptors (Lipinski definition) is 1. The fourth-order valence-corrected chi connectivity index (χ4v) is 3.81. The van der Waals surface area contributed by atoms with E-state index in [1.807, 2.05) is 6.20 Å². The molecule has 0 saturated heterocycles. The molecule has 128 valence electrons. The van der Waals surface area contributed by atoms with Crippen LogP contribution < -0.4 is 10.9 Å². The molecule has 1 unspecified atom stereocenters. The van der Waals surface area contributed by atoms with E-state index in [9.17, 15) is 0 Å². The molecular weight excluding hydrogens is 301 g/mol. The molecule has 0 aliphatic rings. The normalized spacial score (nSPS) is 12.4. The van der Waals surface area contributed by atoms with Crippen LogP contribution in [0.3, 0.4) is 0 Å². The predicted molar refractivity (Wildman–Crippen MR) is 112 cm³/mol. The van der Waals surface area contributed by atoms with E-state index in [1.54, 1.807) is 0 Å². The number of fused-ring (bicyclic) bond motifs is 1. The molecule has 0 spiro atoms. The molecule has 0 radical (unpaired) electrons. The number of aromatic nitrogens is 1. The first-order chi connectivity index (χ1) is 12.0. The first-order valence-electron chi connectivity index (χ1n) is 9.41. The number of benzene rings is 2. The summed E-state index contributed by atoms with van der Waals surface area (Å²) in [6.07, 6.45) is 4.26. The second kappa shape index (κ2) is 7.43. The Kier molecular flexibility index (Phi) is 5.27. The van der Waals surface area contributed by atoms with Gasteiger partial charge < -0.3 is 0 Å². The second-order valence-corrected chi connectivity index (χ2v) is 7.55. The lowest BCUT2D eigenvalue weighted by atomic mass is 9.60. The fourth-order valence-electron chi connectivity index (χ4n) is 3.81. The van der Waals surface area contributed by atoms with Crippen LogP contribution >= 0.6 is 0 Å². The molecule has 1 atom stereocenters. The Hall–Kier alpha value is -2.09. The van der Waals surface area contributed by atoms with Crippen LogP contribution in [0.5, 0.6) is 0 Å². The van der Waals surface area contributed by atoms with Crippen LogP contribution in [0, 0.1) is 26.7 Å². The van der Waals surface area contributed by atoms with Crippen molar-refractivity contribution in [1.82, 2.24) is 4.98 Å². The molecule has 0 fully saturated rings. The van der Waals surface area contributed by atoms with E-state index in [2.05, 4.69) is 71.0 Å². The van der Waals surface area contributed by atoms with Crippen molar-refractivity contribution in [3.63, 3.8) is 0 Å². The Morgan fingerprint density at radius 3 is 2.44 bits per heavy atom. The largest absolute Gasteiger partial charge is 0.257 e. The lowest BCUT2D eigenvalue weighted by Gasteiger charge is -2.15. The maximum atomic E-state index is 4.75. The van der Waals surface area contributed by atoms with Gasteiger partial charge >= 0.3 is 0 Å². The van der Waals surface area contributed by atoms with Gasteiger partial charge in [0.1, 0.15) is 0 Å². The van der Waals surface area contributed by atoms with Gasteiger partial charge in [-0.05, 0) is 44.7 Å². The summed E-state index contributed by atoms with van der Waals surface area (Å²) >= 11 is 0. The Labute approximate surface area is 152 Å². The highest BCUT2D eigenvalue weighted by Crippen LogP contribution is 2.20. The van der Waals surface area contributed by atoms with Gasteiger partial charge in [0.05, 0.1) is 5.52 Å². The maximum absolute atomic E-state index is 4.75. The third kappa shape index (κ3) is 3.79. The minimum Gasteiger partial charge on any atom is -0.257 e. The molecule has 3 rings (SSSR count). The Balaban J connectivity index is 2.05. The number of hydrogen-bond donors (Lipinski definition) is 0. The molecule has 0 aliphatic carbocycles. The molecule has 0 saturated carbocycles. The zero-order chi connectivity index (χ0) is 18.0. The van der Waals surface area contributed by atoms with E-state index in [0.29, 0.717) is 5.92 Å². The molecule has 1 aromatic heterocycles. The van der Waals surface area contributed by atoms with Crippen LogP contribution in [0.4, 0.5) is 0 Å². The van der Waals surface area contributed by atoms with Crippen molar-refractivity contribution in [1.29, 1.82) is 0 Å². The van der Waals surface area contributed by atoms with E-state index in [1.165, 1.54) is 50.5 Å². The molecule has 0 N–H and O–H groups in total. The maximum Gasteiger partial charge on any atom is 0.195 e. The highest BCUT2D eigenvalue weighted by Gasteiger charge is 2.13. The smallest absolute Gasteiger partial charge is 0.195 e. The number of nitrogens with zero attached hydrogens (tertiary/aromatic N) is 1. The lowest BCUT2D eigenvalue weighted by molar-refractivity contribution is 0.562. The van der Waals surface area contributed by atoms with Gasteiger partial charge in [0.25, 0.3) is 0 Å². The van der Waals surface area contributed by atoms with Crippen LogP contribution in [-0.4, -0.2) is 12.3 Å². The molecule has 2 heteroatoms. The highest BCUT2D eigenvalue weighted by molar-refractivity contribution is 6.70. The summed E-state index contributed by atoms with van der Waals surface area (Å²) in [5.41, 5.74) is 9.47. The van der Waals surface area contributed by atoms with Crippen molar-refractivity contribution in [2.45, 2.75) is 47.5 Å². The average Bonchev–Trinajstić information content (AvgIpc) is 2.59. The van der Waals surface area contributed by atoms with E-state index in [0.717, 1.165) is 13.7 Å². The Bertz CT molecular complexity index is 875. The molecular formula is C23H28BN. The van der Waals surface area contributed by atoms with Gasteiger partial charge in [-0.15, -0.1) is 0 Å². The van der Waals surface area contributed by atoms with Gasteiger partial charge in [0, 0.05) is 11.6 Å². The van der Waals surface area contributed by atoms with Crippen molar-refractivity contribution < 1.29 is 0 Å². The third-order valence-electron chi connectivity index (χ3n) is 5.42. The lowest BCUT2D eigenvalue weighted by Crippen LogP contribution is -2.32. The first-order valence-corrected chi connectivity index (χ1v) is 9.41. The summed E-state index contributed by atoms with van der Waals surface area (Å²) in [6.45, 7) is 11.2. The van der Waals surface area contributed by atoms with Crippen molar-refractivity contribution in [2.75, 3.05) is 0 Å². The van der Waals surface area contributed by atoms with Gasteiger partial charge in [0.2, 0.25) is 0 Å².